The first kappa shape index (κ1) is 20.2. The Morgan fingerprint density at radius 2 is 1.77 bits per heavy atom. The zero-order chi connectivity index (χ0) is 20.9. The summed E-state index contributed by atoms with van der Waals surface area (Å²) in [7, 11) is 0. The highest BCUT2D eigenvalue weighted by Gasteiger charge is 2.13. The van der Waals surface area contributed by atoms with Gasteiger partial charge in [-0.1, -0.05) is 46.3 Å². The van der Waals surface area contributed by atoms with Crippen molar-refractivity contribution >= 4 is 32.9 Å². The number of para-hydroxylation sites is 3. The highest BCUT2D eigenvalue weighted by Crippen LogP contribution is 2.19. The molecule has 1 heterocycles. The van der Waals surface area contributed by atoms with Gasteiger partial charge in [-0.15, -0.1) is 0 Å². The van der Waals surface area contributed by atoms with Gasteiger partial charge < -0.3 is 14.6 Å². The minimum atomic E-state index is -0.128. The van der Waals surface area contributed by atoms with Gasteiger partial charge >= 0.3 is 0 Å². The van der Waals surface area contributed by atoms with Crippen LogP contribution in [0.3, 0.4) is 0 Å². The molecule has 0 aliphatic carbocycles. The minimum absolute atomic E-state index is 0.128. The summed E-state index contributed by atoms with van der Waals surface area (Å²) in [5.74, 6) is 1.55. The van der Waals surface area contributed by atoms with Crippen LogP contribution in [0.5, 0.6) is 5.75 Å². The summed E-state index contributed by atoms with van der Waals surface area (Å²) in [6.07, 6.45) is 0. The van der Waals surface area contributed by atoms with Crippen molar-refractivity contribution in [2.45, 2.75) is 20.0 Å². The summed E-state index contributed by atoms with van der Waals surface area (Å²) in [5, 5.41) is 2.97. The predicted octanol–water partition coefficient (Wildman–Crippen LogP) is 5.12. The monoisotopic (exact) mass is 463 g/mol. The number of hydrogen-bond donors (Lipinski definition) is 1. The van der Waals surface area contributed by atoms with Crippen LogP contribution in [0.1, 0.15) is 21.7 Å². The van der Waals surface area contributed by atoms with Crippen LogP contribution in [-0.4, -0.2) is 22.1 Å². The van der Waals surface area contributed by atoms with Crippen molar-refractivity contribution in [1.82, 2.24) is 14.9 Å². The number of aromatic nitrogens is 2. The summed E-state index contributed by atoms with van der Waals surface area (Å²) in [6.45, 7) is 3.52. The van der Waals surface area contributed by atoms with Gasteiger partial charge in [0.15, 0.2) is 0 Å². The van der Waals surface area contributed by atoms with Crippen molar-refractivity contribution in [2.75, 3.05) is 6.61 Å². The average Bonchev–Trinajstić information content (AvgIpc) is 3.11. The molecule has 4 rings (SSSR count). The third-order valence-electron chi connectivity index (χ3n) is 4.91. The predicted molar refractivity (Wildman–Crippen MR) is 122 cm³/mol. The molecule has 6 heteroatoms. The molecule has 0 aliphatic rings. The quantitative estimate of drug-likeness (QED) is 0.413. The second-order valence-electron chi connectivity index (χ2n) is 6.97. The molecule has 1 aromatic heterocycles. The van der Waals surface area contributed by atoms with E-state index in [0.717, 1.165) is 32.6 Å². The fourth-order valence-corrected chi connectivity index (χ4v) is 3.60. The van der Waals surface area contributed by atoms with Crippen molar-refractivity contribution in [3.63, 3.8) is 0 Å². The third kappa shape index (κ3) is 4.54. The second kappa shape index (κ2) is 9.13. The highest BCUT2D eigenvalue weighted by molar-refractivity contribution is 9.10. The molecule has 0 aliphatic heterocycles. The Labute approximate surface area is 183 Å². The Hall–Kier alpha value is -3.12. The number of halogens is 1. The van der Waals surface area contributed by atoms with E-state index < -0.39 is 0 Å². The molecule has 0 spiro atoms. The number of ether oxygens (including phenoxy) is 1. The fraction of sp³-hybridized carbons (Fsp3) is 0.167. The summed E-state index contributed by atoms with van der Waals surface area (Å²) in [5.41, 5.74) is 3.65. The van der Waals surface area contributed by atoms with Crippen LogP contribution < -0.4 is 10.1 Å². The van der Waals surface area contributed by atoms with Crippen LogP contribution in [-0.2, 0) is 13.1 Å². The first-order chi connectivity index (χ1) is 14.6. The molecular formula is C24H22BrN3O2. The lowest BCUT2D eigenvalue weighted by atomic mass is 10.2. The number of carbonyl (C=O) groups is 1. The standard InChI is InChI=1S/C24H22BrN3O2/c1-17-6-2-5-9-22(17)30-15-14-28-21-8-4-3-7-20(21)27-23(28)16-26-24(29)18-10-12-19(25)13-11-18/h2-13H,14-16H2,1H3,(H,26,29). The largest absolute Gasteiger partial charge is 0.491 e. The average molecular weight is 464 g/mol. The zero-order valence-corrected chi connectivity index (χ0v) is 18.2. The molecular weight excluding hydrogens is 442 g/mol. The molecule has 5 nitrogen and oxygen atoms in total. The highest BCUT2D eigenvalue weighted by atomic mass is 79.9. The van der Waals surface area contributed by atoms with Gasteiger partial charge in [-0.25, -0.2) is 4.98 Å². The van der Waals surface area contributed by atoms with Crippen molar-refractivity contribution in [2.24, 2.45) is 0 Å². The Morgan fingerprint density at radius 3 is 2.57 bits per heavy atom. The second-order valence-corrected chi connectivity index (χ2v) is 7.89. The number of nitrogens with zero attached hydrogens (tertiary/aromatic N) is 2. The lowest BCUT2D eigenvalue weighted by Crippen LogP contribution is -2.25. The van der Waals surface area contributed by atoms with Crippen molar-refractivity contribution < 1.29 is 9.53 Å². The number of fused-ring (bicyclic) bond motifs is 1. The summed E-state index contributed by atoms with van der Waals surface area (Å²) >= 11 is 3.39. The number of carbonyl (C=O) groups excluding carboxylic acids is 1. The van der Waals surface area contributed by atoms with E-state index in [4.69, 9.17) is 9.72 Å². The molecule has 3 aromatic carbocycles. The number of aryl methyl sites for hydroxylation is 1. The Balaban J connectivity index is 1.49. The molecule has 1 N–H and O–H groups in total. The van der Waals surface area contributed by atoms with E-state index in [1.165, 1.54) is 0 Å². The van der Waals surface area contributed by atoms with Crippen LogP contribution in [0.25, 0.3) is 11.0 Å². The van der Waals surface area contributed by atoms with E-state index in [1.54, 1.807) is 12.1 Å². The lowest BCUT2D eigenvalue weighted by molar-refractivity contribution is 0.0949. The van der Waals surface area contributed by atoms with Gasteiger partial charge in [-0.2, -0.15) is 0 Å². The Kier molecular flexibility index (Phi) is 6.14. The molecule has 1 amide bonds. The number of amides is 1. The van der Waals surface area contributed by atoms with Crippen LogP contribution in [0.15, 0.2) is 77.3 Å². The third-order valence-corrected chi connectivity index (χ3v) is 5.44. The molecule has 30 heavy (non-hydrogen) atoms. The van der Waals surface area contributed by atoms with Crippen LogP contribution >= 0.6 is 15.9 Å². The summed E-state index contributed by atoms with van der Waals surface area (Å²) in [4.78, 5) is 17.2. The van der Waals surface area contributed by atoms with E-state index in [9.17, 15) is 4.79 Å². The summed E-state index contributed by atoms with van der Waals surface area (Å²) < 4.78 is 9.03. The molecule has 0 saturated carbocycles. The van der Waals surface area contributed by atoms with Gasteiger partial charge in [-0.05, 0) is 55.0 Å². The number of hydrogen-bond acceptors (Lipinski definition) is 3. The van der Waals surface area contributed by atoms with Gasteiger partial charge in [-0.3, -0.25) is 4.79 Å². The van der Waals surface area contributed by atoms with E-state index >= 15 is 0 Å². The number of rotatable bonds is 7. The molecule has 4 aromatic rings. The molecule has 152 valence electrons. The van der Waals surface area contributed by atoms with Gasteiger partial charge in [0.25, 0.3) is 5.91 Å². The van der Waals surface area contributed by atoms with Gasteiger partial charge in [0.1, 0.15) is 18.2 Å². The fourth-order valence-electron chi connectivity index (χ4n) is 3.34. The molecule has 0 atom stereocenters. The minimum Gasteiger partial charge on any atom is -0.491 e. The maximum atomic E-state index is 12.5. The molecule has 0 radical (unpaired) electrons. The van der Waals surface area contributed by atoms with Crippen molar-refractivity contribution in [3.05, 3.63) is 94.2 Å². The van der Waals surface area contributed by atoms with Gasteiger partial charge in [0.2, 0.25) is 0 Å². The maximum absolute atomic E-state index is 12.5. The van der Waals surface area contributed by atoms with E-state index in [-0.39, 0.29) is 5.91 Å². The molecule has 0 fully saturated rings. The smallest absolute Gasteiger partial charge is 0.251 e. The zero-order valence-electron chi connectivity index (χ0n) is 16.6. The lowest BCUT2D eigenvalue weighted by Gasteiger charge is -2.12. The van der Waals surface area contributed by atoms with Crippen molar-refractivity contribution in [3.8, 4) is 5.75 Å². The van der Waals surface area contributed by atoms with Crippen molar-refractivity contribution in [1.29, 1.82) is 0 Å². The molecule has 0 saturated heterocycles. The number of nitrogens with one attached hydrogen (secondary N) is 1. The molecule has 0 bridgehead atoms. The Bertz CT molecular complexity index is 1170. The van der Waals surface area contributed by atoms with E-state index in [1.807, 2.05) is 67.6 Å². The summed E-state index contributed by atoms with van der Waals surface area (Å²) in [6, 6.07) is 23.2. The topological polar surface area (TPSA) is 56.1 Å². The maximum Gasteiger partial charge on any atom is 0.251 e. The Morgan fingerprint density at radius 1 is 1.03 bits per heavy atom. The number of imidazole rings is 1. The van der Waals surface area contributed by atoms with Gasteiger partial charge in [0, 0.05) is 10.0 Å². The van der Waals surface area contributed by atoms with E-state index in [2.05, 4.69) is 25.8 Å². The SMILES string of the molecule is Cc1ccccc1OCCn1c(CNC(=O)c2ccc(Br)cc2)nc2ccccc21. The number of benzene rings is 3. The van der Waals surface area contributed by atoms with Crippen LogP contribution in [0.2, 0.25) is 0 Å². The molecule has 0 unspecified atom stereocenters. The van der Waals surface area contributed by atoms with E-state index in [0.29, 0.717) is 25.3 Å². The van der Waals surface area contributed by atoms with Crippen LogP contribution in [0.4, 0.5) is 0 Å². The first-order valence-corrected chi connectivity index (χ1v) is 10.6. The van der Waals surface area contributed by atoms with Crippen LogP contribution in [0, 0.1) is 6.92 Å². The normalized spacial score (nSPS) is 10.9. The van der Waals surface area contributed by atoms with Gasteiger partial charge in [0.05, 0.1) is 24.1 Å². The first-order valence-electron chi connectivity index (χ1n) is 9.78.